The number of imidazole rings is 1. The first-order chi connectivity index (χ1) is 14.0. The van der Waals surface area contributed by atoms with Gasteiger partial charge in [-0.05, 0) is 43.4 Å². The van der Waals surface area contributed by atoms with E-state index in [9.17, 15) is 8.42 Å². The largest absolute Gasteiger partial charge is 0.328 e. The highest BCUT2D eigenvalue weighted by Crippen LogP contribution is 2.26. The highest BCUT2D eigenvalue weighted by molar-refractivity contribution is 7.88. The van der Waals surface area contributed by atoms with Gasteiger partial charge in [0, 0.05) is 49.5 Å². The summed E-state index contributed by atoms with van der Waals surface area (Å²) in [6, 6.07) is 13.3. The summed E-state index contributed by atoms with van der Waals surface area (Å²) in [7, 11) is -3.32. The number of hydrogen-bond acceptors (Lipinski definition) is 4. The van der Waals surface area contributed by atoms with Gasteiger partial charge in [-0.2, -0.15) is 0 Å². The van der Waals surface area contributed by atoms with Crippen LogP contribution in [0.3, 0.4) is 0 Å². The van der Waals surface area contributed by atoms with Crippen molar-refractivity contribution < 1.29 is 8.42 Å². The molecule has 0 bridgehead atoms. The molecule has 152 valence electrons. The van der Waals surface area contributed by atoms with Crippen LogP contribution in [0.1, 0.15) is 24.1 Å². The van der Waals surface area contributed by atoms with Crippen LogP contribution in [0.25, 0.3) is 11.4 Å². The van der Waals surface area contributed by atoms with Crippen molar-refractivity contribution in [2.45, 2.75) is 32.1 Å². The van der Waals surface area contributed by atoms with Gasteiger partial charge < -0.3 is 4.57 Å². The minimum Gasteiger partial charge on any atom is -0.328 e. The van der Waals surface area contributed by atoms with Gasteiger partial charge in [-0.3, -0.25) is 4.98 Å². The molecular formula is C22H26N4O2S. The van der Waals surface area contributed by atoms with Crippen molar-refractivity contribution in [3.05, 3.63) is 72.3 Å². The molecule has 4 rings (SSSR count). The van der Waals surface area contributed by atoms with E-state index in [4.69, 9.17) is 0 Å². The maximum absolute atomic E-state index is 13.0. The van der Waals surface area contributed by atoms with Crippen LogP contribution < -0.4 is 0 Å². The van der Waals surface area contributed by atoms with Crippen LogP contribution in [0.15, 0.2) is 61.1 Å². The number of piperidine rings is 1. The lowest BCUT2D eigenvalue weighted by molar-refractivity contribution is 0.245. The zero-order valence-corrected chi connectivity index (χ0v) is 17.4. The SMILES string of the molecule is Cc1cnc(-c2ccncc2)n1CC1CCCN(S(=O)(=O)Cc2ccccc2)C1. The standard InChI is InChI=1S/C22H26N4O2S/c1-18-14-24-22(21-9-11-23-12-10-21)26(18)16-20-8-5-13-25(15-20)29(27,28)17-19-6-3-2-4-7-19/h2-4,6-7,9-12,14,20H,5,8,13,15-17H2,1H3. The molecule has 1 fully saturated rings. The molecule has 0 spiro atoms. The maximum atomic E-state index is 13.0. The molecule has 1 saturated heterocycles. The second-order valence-electron chi connectivity index (χ2n) is 7.68. The van der Waals surface area contributed by atoms with Gasteiger partial charge in [0.1, 0.15) is 5.82 Å². The highest BCUT2D eigenvalue weighted by Gasteiger charge is 2.29. The summed E-state index contributed by atoms with van der Waals surface area (Å²) in [4.78, 5) is 8.66. The lowest BCUT2D eigenvalue weighted by atomic mass is 9.99. The highest BCUT2D eigenvalue weighted by atomic mass is 32.2. The Morgan fingerprint density at radius 2 is 1.86 bits per heavy atom. The second kappa shape index (κ2) is 8.47. The predicted octanol–water partition coefficient (Wildman–Crippen LogP) is 3.50. The Morgan fingerprint density at radius 1 is 1.10 bits per heavy atom. The summed E-state index contributed by atoms with van der Waals surface area (Å²) >= 11 is 0. The molecule has 1 aromatic carbocycles. The van der Waals surface area contributed by atoms with Crippen molar-refractivity contribution in [1.29, 1.82) is 0 Å². The molecule has 0 N–H and O–H groups in total. The fourth-order valence-corrected chi connectivity index (χ4v) is 5.63. The van der Waals surface area contributed by atoms with Gasteiger partial charge in [-0.25, -0.2) is 17.7 Å². The zero-order valence-electron chi connectivity index (χ0n) is 16.6. The zero-order chi connectivity index (χ0) is 20.3. The summed E-state index contributed by atoms with van der Waals surface area (Å²) in [6.45, 7) is 3.97. The van der Waals surface area contributed by atoms with Crippen LogP contribution in [0.5, 0.6) is 0 Å². The van der Waals surface area contributed by atoms with Crippen LogP contribution in [0.2, 0.25) is 0 Å². The van der Waals surface area contributed by atoms with Crippen LogP contribution in [0, 0.1) is 12.8 Å². The minimum atomic E-state index is -3.32. The van der Waals surface area contributed by atoms with Crippen molar-refractivity contribution in [3.8, 4) is 11.4 Å². The first-order valence-electron chi connectivity index (χ1n) is 9.97. The second-order valence-corrected chi connectivity index (χ2v) is 9.65. The summed E-state index contributed by atoms with van der Waals surface area (Å²) in [6.07, 6.45) is 7.31. The van der Waals surface area contributed by atoms with Gasteiger partial charge >= 0.3 is 0 Å². The average Bonchev–Trinajstić information content (AvgIpc) is 3.10. The van der Waals surface area contributed by atoms with Gasteiger partial charge in [0.2, 0.25) is 10.0 Å². The van der Waals surface area contributed by atoms with E-state index in [1.54, 1.807) is 16.7 Å². The Hall–Kier alpha value is -2.51. The number of rotatable bonds is 6. The van der Waals surface area contributed by atoms with Crippen molar-refractivity contribution in [2.24, 2.45) is 5.92 Å². The predicted molar refractivity (Wildman–Crippen MR) is 114 cm³/mol. The van der Waals surface area contributed by atoms with Crippen molar-refractivity contribution >= 4 is 10.0 Å². The number of benzene rings is 1. The number of hydrogen-bond donors (Lipinski definition) is 0. The van der Waals surface area contributed by atoms with Gasteiger partial charge in [-0.1, -0.05) is 30.3 Å². The van der Waals surface area contributed by atoms with E-state index in [-0.39, 0.29) is 11.7 Å². The fraction of sp³-hybridized carbons (Fsp3) is 0.364. The molecule has 1 unspecified atom stereocenters. The third kappa shape index (κ3) is 4.57. The maximum Gasteiger partial charge on any atom is 0.218 e. The molecule has 0 aliphatic carbocycles. The lowest BCUT2D eigenvalue weighted by Crippen LogP contribution is -2.41. The molecule has 29 heavy (non-hydrogen) atoms. The number of aromatic nitrogens is 3. The number of sulfonamides is 1. The third-order valence-corrected chi connectivity index (χ3v) is 7.32. The van der Waals surface area contributed by atoms with E-state index < -0.39 is 10.0 Å². The summed E-state index contributed by atoms with van der Waals surface area (Å²) < 4.78 is 29.8. The first kappa shape index (κ1) is 19.8. The van der Waals surface area contributed by atoms with E-state index in [2.05, 4.69) is 14.5 Å². The lowest BCUT2D eigenvalue weighted by Gasteiger charge is -2.32. The molecule has 1 atom stereocenters. The van der Waals surface area contributed by atoms with Crippen molar-refractivity contribution in [3.63, 3.8) is 0 Å². The van der Waals surface area contributed by atoms with Gasteiger partial charge in [0.05, 0.1) is 5.75 Å². The molecule has 0 radical (unpaired) electrons. The van der Waals surface area contributed by atoms with Crippen LogP contribution in [0.4, 0.5) is 0 Å². The van der Waals surface area contributed by atoms with E-state index in [0.29, 0.717) is 13.1 Å². The van der Waals surface area contributed by atoms with Crippen molar-refractivity contribution in [2.75, 3.05) is 13.1 Å². The van der Waals surface area contributed by atoms with E-state index in [0.717, 1.165) is 42.0 Å². The topological polar surface area (TPSA) is 68.1 Å². The monoisotopic (exact) mass is 410 g/mol. The van der Waals surface area contributed by atoms with Gasteiger partial charge in [0.15, 0.2) is 0 Å². The van der Waals surface area contributed by atoms with Gasteiger partial charge in [-0.15, -0.1) is 0 Å². The van der Waals surface area contributed by atoms with Crippen LogP contribution in [-0.2, 0) is 22.3 Å². The average molecular weight is 411 g/mol. The van der Waals surface area contributed by atoms with Crippen LogP contribution in [-0.4, -0.2) is 40.3 Å². The Kier molecular flexibility index (Phi) is 5.78. The Labute approximate surface area is 172 Å². The first-order valence-corrected chi connectivity index (χ1v) is 11.6. The molecular weight excluding hydrogens is 384 g/mol. The van der Waals surface area contributed by atoms with E-state index in [1.165, 1.54) is 0 Å². The number of aryl methyl sites for hydroxylation is 1. The fourth-order valence-electron chi connectivity index (χ4n) is 3.99. The number of pyridine rings is 1. The Balaban J connectivity index is 1.49. The summed E-state index contributed by atoms with van der Waals surface area (Å²) in [5.41, 5.74) is 2.94. The molecule has 1 aliphatic heterocycles. The summed E-state index contributed by atoms with van der Waals surface area (Å²) in [5.74, 6) is 1.24. The molecule has 1 aliphatic rings. The van der Waals surface area contributed by atoms with Gasteiger partial charge in [0.25, 0.3) is 0 Å². The van der Waals surface area contributed by atoms with Crippen molar-refractivity contribution in [1.82, 2.24) is 18.8 Å². The van der Waals surface area contributed by atoms with E-state index >= 15 is 0 Å². The summed E-state index contributed by atoms with van der Waals surface area (Å²) in [5, 5.41) is 0. The molecule has 0 saturated carbocycles. The molecule has 7 heteroatoms. The Bertz CT molecular complexity index is 1050. The molecule has 3 heterocycles. The van der Waals surface area contributed by atoms with E-state index in [1.807, 2.05) is 55.6 Å². The molecule has 0 amide bonds. The Morgan fingerprint density at radius 3 is 2.62 bits per heavy atom. The number of nitrogens with zero attached hydrogens (tertiary/aromatic N) is 4. The minimum absolute atomic E-state index is 0.0624. The molecule has 6 nitrogen and oxygen atoms in total. The molecule has 2 aromatic heterocycles. The smallest absolute Gasteiger partial charge is 0.218 e. The third-order valence-electron chi connectivity index (χ3n) is 5.50. The quantitative estimate of drug-likeness (QED) is 0.624. The normalized spacial score (nSPS) is 18.0. The van der Waals surface area contributed by atoms with Crippen LogP contribution >= 0.6 is 0 Å². The molecule has 3 aromatic rings.